The first-order valence-corrected chi connectivity index (χ1v) is 8.45. The molecule has 0 radical (unpaired) electrons. The predicted octanol–water partition coefficient (Wildman–Crippen LogP) is 3.86. The van der Waals surface area contributed by atoms with Crippen molar-refractivity contribution in [3.8, 4) is 0 Å². The Balaban J connectivity index is 1.81. The SMILES string of the molecule is COCCCNc1nc(C)cn1CCC1CCCC(C)C1. The number of ether oxygens (including phenoxy) is 1. The summed E-state index contributed by atoms with van der Waals surface area (Å²) >= 11 is 0. The summed E-state index contributed by atoms with van der Waals surface area (Å²) in [4.78, 5) is 4.60. The standard InChI is InChI=1S/C17H31N3O/c1-14-6-4-7-16(12-14)8-10-20-13-15(2)19-17(20)18-9-5-11-21-3/h13-14,16H,4-12H2,1-3H3,(H,18,19). The number of nitrogens with one attached hydrogen (secondary N) is 1. The zero-order valence-electron chi connectivity index (χ0n) is 13.9. The molecule has 2 atom stereocenters. The van der Waals surface area contributed by atoms with E-state index in [0.29, 0.717) is 0 Å². The van der Waals surface area contributed by atoms with E-state index in [4.69, 9.17) is 4.74 Å². The van der Waals surface area contributed by atoms with Gasteiger partial charge in [0.2, 0.25) is 5.95 Å². The summed E-state index contributed by atoms with van der Waals surface area (Å²) in [6, 6.07) is 0. The summed E-state index contributed by atoms with van der Waals surface area (Å²) < 4.78 is 7.38. The number of rotatable bonds is 8. The maximum absolute atomic E-state index is 5.08. The van der Waals surface area contributed by atoms with Gasteiger partial charge in [-0.25, -0.2) is 4.98 Å². The second-order valence-corrected chi connectivity index (χ2v) is 6.60. The topological polar surface area (TPSA) is 39.1 Å². The first-order valence-electron chi connectivity index (χ1n) is 8.45. The summed E-state index contributed by atoms with van der Waals surface area (Å²) in [5.74, 6) is 2.84. The maximum atomic E-state index is 5.08. The third kappa shape index (κ3) is 5.34. The first kappa shape index (κ1) is 16.3. The van der Waals surface area contributed by atoms with E-state index in [9.17, 15) is 0 Å². The molecule has 4 heteroatoms. The summed E-state index contributed by atoms with van der Waals surface area (Å²) in [6.45, 7) is 7.28. The minimum atomic E-state index is 0.798. The van der Waals surface area contributed by atoms with Crippen molar-refractivity contribution in [3.63, 3.8) is 0 Å². The van der Waals surface area contributed by atoms with Crippen molar-refractivity contribution in [1.29, 1.82) is 0 Å². The van der Waals surface area contributed by atoms with E-state index in [2.05, 4.69) is 34.9 Å². The Morgan fingerprint density at radius 3 is 3.05 bits per heavy atom. The molecular formula is C17H31N3O. The summed E-state index contributed by atoms with van der Waals surface area (Å²) in [5, 5.41) is 3.44. The average molecular weight is 293 g/mol. The van der Waals surface area contributed by atoms with Crippen LogP contribution in [0.2, 0.25) is 0 Å². The molecule has 1 aliphatic carbocycles. The summed E-state index contributed by atoms with van der Waals surface area (Å²) in [7, 11) is 1.75. The number of methoxy groups -OCH3 is 1. The van der Waals surface area contributed by atoms with Crippen LogP contribution >= 0.6 is 0 Å². The van der Waals surface area contributed by atoms with Crippen molar-refractivity contribution in [3.05, 3.63) is 11.9 Å². The van der Waals surface area contributed by atoms with E-state index in [1.165, 1.54) is 32.1 Å². The van der Waals surface area contributed by atoms with Gasteiger partial charge in [-0.1, -0.05) is 26.2 Å². The van der Waals surface area contributed by atoms with Crippen LogP contribution in [0.25, 0.3) is 0 Å². The molecule has 1 N–H and O–H groups in total. The second kappa shape index (κ2) is 8.42. The number of aromatic nitrogens is 2. The smallest absolute Gasteiger partial charge is 0.203 e. The van der Waals surface area contributed by atoms with Gasteiger partial charge in [0.1, 0.15) is 0 Å². The van der Waals surface area contributed by atoms with Crippen LogP contribution in [0.3, 0.4) is 0 Å². The van der Waals surface area contributed by atoms with E-state index >= 15 is 0 Å². The van der Waals surface area contributed by atoms with E-state index in [1.807, 2.05) is 0 Å². The Hall–Kier alpha value is -1.03. The fraction of sp³-hybridized carbons (Fsp3) is 0.824. The monoisotopic (exact) mass is 293 g/mol. The Bertz CT molecular complexity index is 416. The van der Waals surface area contributed by atoms with Crippen LogP contribution in [0.4, 0.5) is 5.95 Å². The third-order valence-corrected chi connectivity index (χ3v) is 4.53. The van der Waals surface area contributed by atoms with Crippen molar-refractivity contribution < 1.29 is 4.74 Å². The largest absolute Gasteiger partial charge is 0.385 e. The van der Waals surface area contributed by atoms with Gasteiger partial charge in [-0.3, -0.25) is 0 Å². The highest BCUT2D eigenvalue weighted by molar-refractivity contribution is 5.28. The highest BCUT2D eigenvalue weighted by atomic mass is 16.5. The molecule has 21 heavy (non-hydrogen) atoms. The van der Waals surface area contributed by atoms with Crippen molar-refractivity contribution in [2.45, 2.75) is 58.9 Å². The number of nitrogens with zero attached hydrogens (tertiary/aromatic N) is 2. The molecule has 1 aromatic rings. The molecule has 1 saturated carbocycles. The molecule has 0 bridgehead atoms. The van der Waals surface area contributed by atoms with Crippen LogP contribution < -0.4 is 5.32 Å². The van der Waals surface area contributed by atoms with Crippen LogP contribution in [0, 0.1) is 18.8 Å². The molecule has 0 aromatic carbocycles. The van der Waals surface area contributed by atoms with Gasteiger partial charge in [-0.2, -0.15) is 0 Å². The molecule has 0 amide bonds. The Morgan fingerprint density at radius 2 is 2.29 bits per heavy atom. The fourth-order valence-electron chi connectivity index (χ4n) is 3.42. The van der Waals surface area contributed by atoms with Gasteiger partial charge in [-0.15, -0.1) is 0 Å². The van der Waals surface area contributed by atoms with Crippen LogP contribution in [0.15, 0.2) is 6.20 Å². The Kier molecular flexibility index (Phi) is 6.55. The van der Waals surface area contributed by atoms with E-state index in [1.54, 1.807) is 7.11 Å². The zero-order valence-corrected chi connectivity index (χ0v) is 13.9. The normalized spacial score (nSPS) is 22.4. The average Bonchev–Trinajstić information content (AvgIpc) is 2.82. The molecule has 0 spiro atoms. The van der Waals surface area contributed by atoms with Gasteiger partial charge < -0.3 is 14.6 Å². The Labute approximate surface area is 129 Å². The van der Waals surface area contributed by atoms with Crippen molar-refractivity contribution in [1.82, 2.24) is 9.55 Å². The lowest BCUT2D eigenvalue weighted by Gasteiger charge is -2.26. The van der Waals surface area contributed by atoms with Crippen LogP contribution in [-0.4, -0.2) is 29.8 Å². The lowest BCUT2D eigenvalue weighted by Crippen LogP contribution is -2.16. The minimum absolute atomic E-state index is 0.798. The van der Waals surface area contributed by atoms with Gasteiger partial charge >= 0.3 is 0 Å². The first-order chi connectivity index (χ1) is 10.2. The Morgan fingerprint density at radius 1 is 1.43 bits per heavy atom. The highest BCUT2D eigenvalue weighted by Gasteiger charge is 2.19. The predicted molar refractivity (Wildman–Crippen MR) is 87.7 cm³/mol. The number of aryl methyl sites for hydroxylation is 2. The number of hydrogen-bond donors (Lipinski definition) is 1. The summed E-state index contributed by atoms with van der Waals surface area (Å²) in [6.07, 6.45) is 10.1. The molecule has 1 aliphatic rings. The second-order valence-electron chi connectivity index (χ2n) is 6.60. The minimum Gasteiger partial charge on any atom is -0.385 e. The van der Waals surface area contributed by atoms with Crippen molar-refractivity contribution in [2.75, 3.05) is 25.6 Å². The molecule has 1 aromatic heterocycles. The molecular weight excluding hydrogens is 262 g/mol. The zero-order chi connectivity index (χ0) is 15.1. The van der Waals surface area contributed by atoms with Gasteiger partial charge in [0.05, 0.1) is 5.69 Å². The van der Waals surface area contributed by atoms with Crippen LogP contribution in [-0.2, 0) is 11.3 Å². The number of imidazole rings is 1. The van der Waals surface area contributed by atoms with Gasteiger partial charge in [0.25, 0.3) is 0 Å². The highest BCUT2D eigenvalue weighted by Crippen LogP contribution is 2.31. The van der Waals surface area contributed by atoms with Crippen molar-refractivity contribution >= 4 is 5.95 Å². The molecule has 4 nitrogen and oxygen atoms in total. The number of hydrogen-bond acceptors (Lipinski definition) is 3. The molecule has 2 rings (SSSR count). The quantitative estimate of drug-likeness (QED) is 0.740. The summed E-state index contributed by atoms with van der Waals surface area (Å²) in [5.41, 5.74) is 1.10. The third-order valence-electron chi connectivity index (χ3n) is 4.53. The maximum Gasteiger partial charge on any atom is 0.203 e. The van der Waals surface area contributed by atoms with Gasteiger partial charge in [0.15, 0.2) is 0 Å². The van der Waals surface area contributed by atoms with Crippen molar-refractivity contribution in [2.24, 2.45) is 11.8 Å². The van der Waals surface area contributed by atoms with E-state index in [0.717, 1.165) is 49.6 Å². The van der Waals surface area contributed by atoms with Gasteiger partial charge in [-0.05, 0) is 38.0 Å². The van der Waals surface area contributed by atoms with Crippen LogP contribution in [0.5, 0.6) is 0 Å². The van der Waals surface area contributed by atoms with Gasteiger partial charge in [0, 0.05) is 33.0 Å². The fourth-order valence-corrected chi connectivity index (χ4v) is 3.42. The molecule has 0 saturated heterocycles. The molecule has 1 fully saturated rings. The molecule has 0 aliphatic heterocycles. The van der Waals surface area contributed by atoms with Crippen LogP contribution in [0.1, 0.15) is 51.1 Å². The van der Waals surface area contributed by atoms with E-state index in [-0.39, 0.29) is 0 Å². The molecule has 1 heterocycles. The number of anilines is 1. The molecule has 120 valence electrons. The lowest BCUT2D eigenvalue weighted by atomic mass is 9.81. The molecule has 2 unspecified atom stereocenters. The van der Waals surface area contributed by atoms with E-state index < -0.39 is 0 Å². The lowest BCUT2D eigenvalue weighted by molar-refractivity contribution is 0.197.